The molecule has 0 radical (unpaired) electrons. The summed E-state index contributed by atoms with van der Waals surface area (Å²) < 4.78 is 25.3. The van der Waals surface area contributed by atoms with Gasteiger partial charge in [0, 0.05) is 26.2 Å². The molecule has 0 bridgehead atoms. The third-order valence-corrected chi connectivity index (χ3v) is 2.99. The summed E-state index contributed by atoms with van der Waals surface area (Å²) in [5.41, 5.74) is -0.546. The fourth-order valence-corrected chi connectivity index (χ4v) is 2.20. The highest BCUT2D eigenvalue weighted by Crippen LogP contribution is 2.26. The van der Waals surface area contributed by atoms with Crippen LogP contribution in [0.15, 0.2) is 11.0 Å². The van der Waals surface area contributed by atoms with Crippen molar-refractivity contribution in [3.63, 3.8) is 0 Å². The Hall–Kier alpha value is 0.0200. The van der Waals surface area contributed by atoms with Crippen molar-refractivity contribution >= 4 is 38.5 Å². The van der Waals surface area contributed by atoms with E-state index in [1.165, 1.54) is 6.20 Å². The first-order valence-electron chi connectivity index (χ1n) is 3.32. The van der Waals surface area contributed by atoms with Crippen LogP contribution in [0.5, 0.6) is 0 Å². The molecule has 0 spiro atoms. The van der Waals surface area contributed by atoms with Crippen molar-refractivity contribution in [2.45, 2.75) is 11.8 Å². The zero-order chi connectivity index (χ0) is 10.0. The molecule has 0 aliphatic rings. The Morgan fingerprint density at radius 3 is 2.62 bits per heavy atom. The fraction of sp³-hybridized carbons (Fsp3) is 0.286. The molecule has 6 heteroatoms. The molecular formula is C7H5BrF2INO. The van der Waals surface area contributed by atoms with Crippen LogP contribution >= 0.6 is 38.5 Å². The zero-order valence-electron chi connectivity index (χ0n) is 6.28. The van der Waals surface area contributed by atoms with E-state index in [0.29, 0.717) is 3.57 Å². The van der Waals surface area contributed by atoms with Crippen LogP contribution in [0.1, 0.15) is 17.6 Å². The quantitative estimate of drug-likeness (QED) is 0.636. The summed E-state index contributed by atoms with van der Waals surface area (Å²) in [6, 6.07) is 0. The molecule has 0 fully saturated rings. The molecule has 0 unspecified atom stereocenters. The van der Waals surface area contributed by atoms with Gasteiger partial charge < -0.3 is 4.98 Å². The van der Waals surface area contributed by atoms with E-state index in [1.54, 1.807) is 22.6 Å². The lowest BCUT2D eigenvalue weighted by Crippen LogP contribution is -2.15. The average molecular weight is 364 g/mol. The maximum atomic E-state index is 12.5. The minimum absolute atomic E-state index is 0.0990. The first-order chi connectivity index (χ1) is 6.07. The van der Waals surface area contributed by atoms with Crippen molar-refractivity contribution in [2.75, 3.05) is 0 Å². The SMILES string of the molecule is O=c1[nH]cc(I)c(C(F)F)c1CBr. The second-order valence-electron chi connectivity index (χ2n) is 2.29. The minimum atomic E-state index is -2.61. The second-order valence-corrected chi connectivity index (χ2v) is 4.02. The zero-order valence-corrected chi connectivity index (χ0v) is 10.0. The number of hydrogen-bond donors (Lipinski definition) is 1. The number of nitrogens with one attached hydrogen (secondary N) is 1. The maximum Gasteiger partial charge on any atom is 0.265 e. The molecule has 13 heavy (non-hydrogen) atoms. The Balaban J connectivity index is 3.44. The molecular weight excluding hydrogens is 359 g/mol. The topological polar surface area (TPSA) is 32.9 Å². The van der Waals surface area contributed by atoms with Gasteiger partial charge in [-0.05, 0) is 22.6 Å². The molecule has 0 saturated heterocycles. The third-order valence-electron chi connectivity index (χ3n) is 1.54. The van der Waals surface area contributed by atoms with Gasteiger partial charge in [-0.25, -0.2) is 8.78 Å². The Morgan fingerprint density at radius 2 is 2.23 bits per heavy atom. The van der Waals surface area contributed by atoms with E-state index in [2.05, 4.69) is 20.9 Å². The highest BCUT2D eigenvalue weighted by molar-refractivity contribution is 14.1. The van der Waals surface area contributed by atoms with Crippen molar-refractivity contribution in [2.24, 2.45) is 0 Å². The van der Waals surface area contributed by atoms with Gasteiger partial charge in [-0.1, -0.05) is 15.9 Å². The smallest absolute Gasteiger partial charge is 0.265 e. The lowest BCUT2D eigenvalue weighted by atomic mass is 10.2. The monoisotopic (exact) mass is 363 g/mol. The normalized spacial score (nSPS) is 10.8. The lowest BCUT2D eigenvalue weighted by Gasteiger charge is -2.06. The molecule has 0 aliphatic carbocycles. The molecule has 0 amide bonds. The molecule has 1 N–H and O–H groups in total. The van der Waals surface area contributed by atoms with Gasteiger partial charge in [0.05, 0.1) is 0 Å². The van der Waals surface area contributed by atoms with Gasteiger partial charge in [0.25, 0.3) is 12.0 Å². The summed E-state index contributed by atoms with van der Waals surface area (Å²) in [5.74, 6) is 0. The van der Waals surface area contributed by atoms with Crippen LogP contribution < -0.4 is 5.56 Å². The fourth-order valence-electron chi connectivity index (χ4n) is 0.929. The van der Waals surface area contributed by atoms with Crippen molar-refractivity contribution < 1.29 is 8.78 Å². The van der Waals surface area contributed by atoms with E-state index in [-0.39, 0.29) is 16.5 Å². The Morgan fingerprint density at radius 1 is 1.62 bits per heavy atom. The van der Waals surface area contributed by atoms with Gasteiger partial charge >= 0.3 is 0 Å². The van der Waals surface area contributed by atoms with Crippen molar-refractivity contribution in [1.29, 1.82) is 0 Å². The Labute approximate surface area is 95.0 Å². The second kappa shape index (κ2) is 4.50. The van der Waals surface area contributed by atoms with Crippen LogP contribution in [0, 0.1) is 3.57 Å². The summed E-state index contributed by atoms with van der Waals surface area (Å²) in [6.07, 6.45) is -1.32. The Bertz CT molecular complexity index is 366. The van der Waals surface area contributed by atoms with Crippen LogP contribution in [0.3, 0.4) is 0 Å². The van der Waals surface area contributed by atoms with Crippen LogP contribution in [0.4, 0.5) is 8.78 Å². The van der Waals surface area contributed by atoms with E-state index in [1.807, 2.05) is 0 Å². The highest BCUT2D eigenvalue weighted by Gasteiger charge is 2.18. The molecule has 0 aromatic carbocycles. The van der Waals surface area contributed by atoms with E-state index in [9.17, 15) is 13.6 Å². The summed E-state index contributed by atoms with van der Waals surface area (Å²) in [7, 11) is 0. The van der Waals surface area contributed by atoms with Gasteiger partial charge in [-0.2, -0.15) is 0 Å². The first-order valence-corrected chi connectivity index (χ1v) is 5.52. The summed E-state index contributed by atoms with van der Waals surface area (Å²) in [5, 5.41) is 0.138. The molecule has 0 saturated carbocycles. The maximum absolute atomic E-state index is 12.5. The molecule has 1 heterocycles. The number of aromatic amines is 1. The van der Waals surface area contributed by atoms with Crippen LogP contribution in [0.2, 0.25) is 0 Å². The van der Waals surface area contributed by atoms with E-state index in [4.69, 9.17) is 0 Å². The van der Waals surface area contributed by atoms with Gasteiger partial charge in [0.2, 0.25) is 0 Å². The number of alkyl halides is 3. The van der Waals surface area contributed by atoms with Crippen LogP contribution in [0.25, 0.3) is 0 Å². The van der Waals surface area contributed by atoms with Crippen molar-refractivity contribution in [3.8, 4) is 0 Å². The molecule has 1 aromatic heterocycles. The van der Waals surface area contributed by atoms with Gasteiger partial charge in [-0.3, -0.25) is 4.79 Å². The van der Waals surface area contributed by atoms with Gasteiger partial charge in [0.15, 0.2) is 0 Å². The van der Waals surface area contributed by atoms with Crippen LogP contribution in [-0.2, 0) is 5.33 Å². The molecule has 2 nitrogen and oxygen atoms in total. The summed E-state index contributed by atoms with van der Waals surface area (Å²) in [4.78, 5) is 13.5. The summed E-state index contributed by atoms with van der Waals surface area (Å²) in [6.45, 7) is 0. The summed E-state index contributed by atoms with van der Waals surface area (Å²) >= 11 is 4.78. The van der Waals surface area contributed by atoms with Crippen LogP contribution in [-0.4, -0.2) is 4.98 Å². The number of pyridine rings is 1. The van der Waals surface area contributed by atoms with Crippen molar-refractivity contribution in [3.05, 3.63) is 31.2 Å². The predicted molar refractivity (Wildman–Crippen MR) is 57.4 cm³/mol. The third kappa shape index (κ3) is 2.28. The molecule has 0 atom stereocenters. The average Bonchev–Trinajstić information content (AvgIpc) is 2.07. The molecule has 1 aromatic rings. The predicted octanol–water partition coefficient (Wildman–Crippen LogP) is 2.81. The first kappa shape index (κ1) is 11.1. The minimum Gasteiger partial charge on any atom is -0.328 e. The van der Waals surface area contributed by atoms with E-state index in [0.717, 1.165) is 0 Å². The van der Waals surface area contributed by atoms with Gasteiger partial charge in [0.1, 0.15) is 0 Å². The van der Waals surface area contributed by atoms with Gasteiger partial charge in [-0.15, -0.1) is 0 Å². The standard InChI is InChI=1S/C7H5BrF2INO/c8-1-3-5(6(9)10)4(11)2-12-7(3)13/h2,6H,1H2,(H,12,13). The number of hydrogen-bond acceptors (Lipinski definition) is 1. The Kier molecular flexibility index (Phi) is 3.84. The molecule has 1 rings (SSSR count). The largest absolute Gasteiger partial charge is 0.328 e. The lowest BCUT2D eigenvalue weighted by molar-refractivity contribution is 0.149. The highest BCUT2D eigenvalue weighted by atomic mass is 127. The number of rotatable bonds is 2. The number of H-pyrrole nitrogens is 1. The number of aromatic nitrogens is 1. The van der Waals surface area contributed by atoms with Crippen molar-refractivity contribution in [1.82, 2.24) is 4.98 Å². The molecule has 0 aliphatic heterocycles. The molecule has 72 valence electrons. The number of halogens is 4. The van der Waals surface area contributed by atoms with E-state index < -0.39 is 12.0 Å². The van der Waals surface area contributed by atoms with E-state index >= 15 is 0 Å².